The molecule has 5 aromatic rings. The number of nitrogens with zero attached hydrogens (tertiary/aromatic N) is 2. The molecule has 0 saturated heterocycles. The van der Waals surface area contributed by atoms with Gasteiger partial charge in [-0.1, -0.05) is 12.1 Å². The normalized spacial score (nSPS) is 13.9. The third-order valence-corrected chi connectivity index (χ3v) is 5.85. The second-order valence-corrected chi connectivity index (χ2v) is 8.15. The van der Waals surface area contributed by atoms with Crippen LogP contribution in [0, 0.1) is 13.8 Å². The zero-order valence-electron chi connectivity index (χ0n) is 17.5. The van der Waals surface area contributed by atoms with Gasteiger partial charge in [0.25, 0.3) is 0 Å². The van der Waals surface area contributed by atoms with Gasteiger partial charge in [0, 0.05) is 24.2 Å². The van der Waals surface area contributed by atoms with E-state index in [1.165, 1.54) is 5.56 Å². The van der Waals surface area contributed by atoms with E-state index >= 15 is 0 Å². The van der Waals surface area contributed by atoms with Gasteiger partial charge < -0.3 is 20.0 Å². The number of fused-ring (bicyclic) bond motifs is 3. The van der Waals surface area contributed by atoms with Gasteiger partial charge in [0.1, 0.15) is 24.0 Å². The summed E-state index contributed by atoms with van der Waals surface area (Å²) in [6.45, 7) is 6.24. The molecule has 0 saturated carbocycles. The summed E-state index contributed by atoms with van der Waals surface area (Å²) in [7, 11) is 0. The van der Waals surface area contributed by atoms with E-state index in [1.807, 2.05) is 13.8 Å². The van der Waals surface area contributed by atoms with Gasteiger partial charge in [-0.2, -0.15) is 0 Å². The van der Waals surface area contributed by atoms with Crippen molar-refractivity contribution in [2.45, 2.75) is 20.4 Å². The molecule has 6 heteroatoms. The average Bonchev–Trinajstić information content (AvgIpc) is 3.22. The predicted octanol–water partition coefficient (Wildman–Crippen LogP) is 4.87. The molecule has 0 unspecified atom stereocenters. The Kier molecular flexibility index (Phi) is 4.07. The number of hydrogen-bond acceptors (Lipinski definition) is 4. The van der Waals surface area contributed by atoms with Crippen LogP contribution in [0.15, 0.2) is 48.5 Å². The van der Waals surface area contributed by atoms with Crippen LogP contribution in [0.5, 0.6) is 5.75 Å². The Morgan fingerprint density at radius 1 is 0.774 bits per heavy atom. The molecule has 0 bridgehead atoms. The van der Waals surface area contributed by atoms with Gasteiger partial charge >= 0.3 is 0 Å². The van der Waals surface area contributed by atoms with Crippen LogP contribution < -0.4 is 10.1 Å². The van der Waals surface area contributed by atoms with Crippen LogP contribution in [0.1, 0.15) is 17.2 Å². The summed E-state index contributed by atoms with van der Waals surface area (Å²) < 4.78 is 6.21. The van der Waals surface area contributed by atoms with Crippen LogP contribution in [0.3, 0.4) is 0 Å². The van der Waals surface area contributed by atoms with Crippen LogP contribution in [0.25, 0.3) is 44.3 Å². The molecule has 6 nitrogen and oxygen atoms in total. The van der Waals surface area contributed by atoms with Crippen LogP contribution >= 0.6 is 0 Å². The number of H-pyrrole nitrogens is 2. The fourth-order valence-corrected chi connectivity index (χ4v) is 4.44. The SMILES string of the molecule is Cc1nc2ccc(-c3cc4c(c(-c5ccc6nc(C)[nH]c6c5)c3)OCCNC4)cc2[nH]1. The minimum absolute atomic E-state index is 0.657. The Bertz CT molecular complexity index is 1450. The molecule has 2 aromatic heterocycles. The summed E-state index contributed by atoms with van der Waals surface area (Å²) in [5.74, 6) is 2.81. The molecule has 0 amide bonds. The molecule has 3 N–H and O–H groups in total. The number of ether oxygens (including phenoxy) is 1. The Hall–Kier alpha value is -3.64. The van der Waals surface area contributed by atoms with E-state index in [-0.39, 0.29) is 0 Å². The second kappa shape index (κ2) is 6.96. The molecule has 6 rings (SSSR count). The molecule has 0 fully saturated rings. The smallest absolute Gasteiger partial charge is 0.131 e. The number of imidazole rings is 2. The van der Waals surface area contributed by atoms with E-state index in [4.69, 9.17) is 4.74 Å². The lowest BCUT2D eigenvalue weighted by atomic mass is 9.94. The predicted molar refractivity (Wildman–Crippen MR) is 123 cm³/mol. The monoisotopic (exact) mass is 409 g/mol. The van der Waals surface area contributed by atoms with E-state index in [1.54, 1.807) is 0 Å². The summed E-state index contributed by atoms with van der Waals surface area (Å²) >= 11 is 0. The first-order valence-corrected chi connectivity index (χ1v) is 10.6. The molecule has 3 heterocycles. The number of hydrogen-bond donors (Lipinski definition) is 3. The van der Waals surface area contributed by atoms with Crippen molar-refractivity contribution in [3.8, 4) is 28.0 Å². The number of aromatic amines is 2. The lowest BCUT2D eigenvalue weighted by Gasteiger charge is -2.16. The lowest BCUT2D eigenvalue weighted by Crippen LogP contribution is -2.16. The van der Waals surface area contributed by atoms with Crippen LogP contribution in [-0.2, 0) is 6.54 Å². The molecule has 1 aliphatic rings. The van der Waals surface area contributed by atoms with Gasteiger partial charge in [0.05, 0.1) is 22.1 Å². The van der Waals surface area contributed by atoms with E-state index in [2.05, 4.69) is 73.8 Å². The highest BCUT2D eigenvalue weighted by atomic mass is 16.5. The molecular weight excluding hydrogens is 386 g/mol. The van der Waals surface area contributed by atoms with Crippen molar-refractivity contribution < 1.29 is 4.74 Å². The van der Waals surface area contributed by atoms with E-state index in [0.717, 1.165) is 74.8 Å². The zero-order valence-corrected chi connectivity index (χ0v) is 17.5. The van der Waals surface area contributed by atoms with Gasteiger partial charge in [-0.25, -0.2) is 9.97 Å². The largest absolute Gasteiger partial charge is 0.491 e. The summed E-state index contributed by atoms with van der Waals surface area (Å²) in [6.07, 6.45) is 0. The number of aromatic nitrogens is 4. The van der Waals surface area contributed by atoms with Crippen LogP contribution in [0.2, 0.25) is 0 Å². The highest BCUT2D eigenvalue weighted by Crippen LogP contribution is 2.39. The summed E-state index contributed by atoms with van der Waals surface area (Å²) in [4.78, 5) is 15.8. The van der Waals surface area contributed by atoms with Crippen molar-refractivity contribution in [1.29, 1.82) is 0 Å². The fraction of sp³-hybridized carbons (Fsp3) is 0.200. The van der Waals surface area contributed by atoms with E-state index < -0.39 is 0 Å². The first kappa shape index (κ1) is 18.2. The van der Waals surface area contributed by atoms with Gasteiger partial charge in [-0.15, -0.1) is 0 Å². The number of nitrogens with one attached hydrogen (secondary N) is 3. The maximum atomic E-state index is 6.21. The molecule has 31 heavy (non-hydrogen) atoms. The highest BCUT2D eigenvalue weighted by molar-refractivity contribution is 5.88. The zero-order chi connectivity index (χ0) is 20.9. The summed E-state index contributed by atoms with van der Waals surface area (Å²) in [6, 6.07) is 17.2. The number of benzene rings is 3. The van der Waals surface area contributed by atoms with Crippen molar-refractivity contribution in [1.82, 2.24) is 25.3 Å². The van der Waals surface area contributed by atoms with Crippen molar-refractivity contribution >= 4 is 22.1 Å². The molecule has 1 aliphatic heterocycles. The quantitative estimate of drug-likeness (QED) is 0.389. The van der Waals surface area contributed by atoms with Gasteiger partial charge in [0.2, 0.25) is 0 Å². The second-order valence-electron chi connectivity index (χ2n) is 8.15. The first-order valence-electron chi connectivity index (χ1n) is 10.6. The molecular formula is C25H23N5O. The van der Waals surface area contributed by atoms with Crippen molar-refractivity contribution in [2.24, 2.45) is 0 Å². The molecule has 0 radical (unpaired) electrons. The molecule has 3 aromatic carbocycles. The molecule has 0 atom stereocenters. The Morgan fingerprint density at radius 2 is 1.45 bits per heavy atom. The van der Waals surface area contributed by atoms with E-state index in [0.29, 0.717) is 6.61 Å². The minimum atomic E-state index is 0.657. The van der Waals surface area contributed by atoms with Crippen molar-refractivity contribution in [3.63, 3.8) is 0 Å². The molecule has 154 valence electrons. The summed E-state index contributed by atoms with van der Waals surface area (Å²) in [5.41, 5.74) is 9.77. The highest BCUT2D eigenvalue weighted by Gasteiger charge is 2.18. The average molecular weight is 409 g/mol. The Morgan fingerprint density at radius 3 is 2.19 bits per heavy atom. The van der Waals surface area contributed by atoms with Crippen LogP contribution in [0.4, 0.5) is 0 Å². The fourth-order valence-electron chi connectivity index (χ4n) is 4.44. The third kappa shape index (κ3) is 3.16. The first-order chi connectivity index (χ1) is 15.1. The van der Waals surface area contributed by atoms with Crippen molar-refractivity contribution in [2.75, 3.05) is 13.2 Å². The Labute approximate surface area is 179 Å². The summed E-state index contributed by atoms with van der Waals surface area (Å²) in [5, 5.41) is 3.47. The van der Waals surface area contributed by atoms with Crippen LogP contribution in [-0.4, -0.2) is 33.1 Å². The maximum absolute atomic E-state index is 6.21. The standard InChI is InChI=1S/C25H23N5O/c1-14-27-21-5-3-16(11-23(21)29-14)18-9-19-13-26-7-8-31-25(19)20(10-18)17-4-6-22-24(12-17)30-15(2)28-22/h3-6,9-12,26H,7-8,13H2,1-2H3,(H,27,29)(H,28,30). The van der Waals surface area contributed by atoms with Crippen molar-refractivity contribution in [3.05, 3.63) is 65.7 Å². The van der Waals surface area contributed by atoms with E-state index in [9.17, 15) is 0 Å². The molecule has 0 aliphatic carbocycles. The topological polar surface area (TPSA) is 78.6 Å². The van der Waals surface area contributed by atoms with Gasteiger partial charge in [-0.3, -0.25) is 0 Å². The lowest BCUT2D eigenvalue weighted by molar-refractivity contribution is 0.327. The Balaban J connectivity index is 1.56. The van der Waals surface area contributed by atoms with Gasteiger partial charge in [0.15, 0.2) is 0 Å². The third-order valence-electron chi connectivity index (χ3n) is 5.85. The number of rotatable bonds is 2. The van der Waals surface area contributed by atoms with Gasteiger partial charge in [-0.05, 0) is 66.9 Å². The number of aryl methyl sites for hydroxylation is 2. The minimum Gasteiger partial charge on any atom is -0.491 e. The maximum Gasteiger partial charge on any atom is 0.131 e. The molecule has 0 spiro atoms.